The molecular weight excluding hydrogens is 575 g/mol. The summed E-state index contributed by atoms with van der Waals surface area (Å²) >= 11 is 0. The van der Waals surface area contributed by atoms with E-state index in [9.17, 15) is 18.6 Å². The van der Waals surface area contributed by atoms with E-state index >= 15 is 0 Å². The molecule has 228 valence electrons. The molecule has 1 fully saturated rings. The molecule has 0 amide bonds. The molecule has 2 aliphatic rings. The van der Waals surface area contributed by atoms with Gasteiger partial charge >= 0.3 is 0 Å². The molecule has 0 saturated heterocycles. The molecule has 2 aromatic rings. The van der Waals surface area contributed by atoms with Gasteiger partial charge in [0.05, 0.1) is 26.4 Å². The van der Waals surface area contributed by atoms with Gasteiger partial charge in [-0.1, -0.05) is 50.7 Å². The zero-order valence-corrected chi connectivity index (χ0v) is 27.0. The van der Waals surface area contributed by atoms with Crippen LogP contribution in [0.15, 0.2) is 40.7 Å². The van der Waals surface area contributed by atoms with Crippen molar-refractivity contribution < 1.29 is 28.1 Å². The summed E-state index contributed by atoms with van der Waals surface area (Å²) in [4.78, 5) is 4.42. The number of aliphatic imine (C=N–C) groups is 1. The summed E-state index contributed by atoms with van der Waals surface area (Å²) < 4.78 is 42.4. The molecule has 1 aromatic carbocycles. The van der Waals surface area contributed by atoms with E-state index in [0.29, 0.717) is 6.04 Å². The number of sulfonamides is 1. The fraction of sp³-hybridized carbons (Fsp3) is 0.552. The summed E-state index contributed by atoms with van der Waals surface area (Å²) in [5, 5.41) is 30.0. The molecule has 1 aliphatic carbocycles. The smallest absolute Gasteiger partial charge is 0.246 e. The Hall–Kier alpha value is -3.34. The van der Waals surface area contributed by atoms with Crippen LogP contribution in [0.4, 0.5) is 5.95 Å². The lowest BCUT2D eigenvalue weighted by molar-refractivity contribution is 0.0839. The molecule has 0 unspecified atom stereocenters. The average Bonchev–Trinajstić information content (AvgIpc) is 3.40. The summed E-state index contributed by atoms with van der Waals surface area (Å²) in [6, 6.07) is 5.35. The second-order valence-corrected chi connectivity index (χ2v) is 19.8. The van der Waals surface area contributed by atoms with Crippen LogP contribution < -0.4 is 9.04 Å². The fourth-order valence-electron chi connectivity index (χ4n) is 5.26. The molecule has 0 spiro atoms. The van der Waals surface area contributed by atoms with Crippen molar-refractivity contribution in [2.45, 2.75) is 76.1 Å². The lowest BCUT2D eigenvalue weighted by atomic mass is 9.84. The highest BCUT2D eigenvalue weighted by Crippen LogP contribution is 2.39. The molecule has 1 saturated carbocycles. The number of benzene rings is 1. The number of para-hydroxylation sites is 1. The Balaban J connectivity index is 1.94. The lowest BCUT2D eigenvalue weighted by Gasteiger charge is -2.34. The van der Waals surface area contributed by atoms with Crippen LogP contribution in [0.5, 0.6) is 11.5 Å². The molecule has 2 N–H and O–H groups in total. The largest absolute Gasteiger partial charge is 0.506 e. The average molecular weight is 616 g/mol. The normalized spacial score (nSPS) is 17.4. The Morgan fingerprint density at radius 2 is 1.86 bits per heavy atom. The van der Waals surface area contributed by atoms with Crippen LogP contribution in [0.2, 0.25) is 25.7 Å². The van der Waals surface area contributed by atoms with Gasteiger partial charge in [0.15, 0.2) is 11.5 Å². The summed E-state index contributed by atoms with van der Waals surface area (Å²) in [7, 11) is -3.02. The zero-order valence-electron chi connectivity index (χ0n) is 25.2. The number of anilines is 1. The van der Waals surface area contributed by atoms with Crippen molar-refractivity contribution in [3.8, 4) is 17.2 Å². The van der Waals surface area contributed by atoms with Crippen LogP contribution in [0.3, 0.4) is 0 Å². The molecule has 0 radical (unpaired) electrons. The predicted molar refractivity (Wildman–Crippen MR) is 165 cm³/mol. The van der Waals surface area contributed by atoms with Crippen molar-refractivity contribution in [2.24, 2.45) is 10.9 Å². The molecule has 2 atom stereocenters. The zero-order chi connectivity index (χ0) is 30.7. The number of aromatic nitrogens is 3. The molecule has 1 aromatic heterocycles. The number of hydrogen-bond acceptors (Lipinski definition) is 9. The van der Waals surface area contributed by atoms with Crippen LogP contribution in [-0.4, -0.2) is 79.5 Å². The summed E-state index contributed by atoms with van der Waals surface area (Å²) in [5.74, 6) is 0.289. The first-order valence-electron chi connectivity index (χ1n) is 14.2. The van der Waals surface area contributed by atoms with Crippen LogP contribution >= 0.6 is 0 Å². The Morgan fingerprint density at radius 3 is 2.50 bits per heavy atom. The second-order valence-electron chi connectivity index (χ2n) is 11.9. The monoisotopic (exact) mass is 615 g/mol. The van der Waals surface area contributed by atoms with E-state index in [4.69, 9.17) is 9.47 Å². The van der Waals surface area contributed by atoms with Crippen molar-refractivity contribution in [1.82, 2.24) is 14.8 Å². The number of aliphatic hydroxyl groups excluding tert-OH is 1. The second kappa shape index (κ2) is 12.9. The first-order valence-corrected chi connectivity index (χ1v) is 19.5. The quantitative estimate of drug-likeness (QED) is 0.278. The first kappa shape index (κ1) is 31.6. The molecule has 11 nitrogen and oxygen atoms in total. The van der Waals surface area contributed by atoms with Gasteiger partial charge in [-0.2, -0.15) is 0 Å². The minimum Gasteiger partial charge on any atom is -0.506 e. The van der Waals surface area contributed by atoms with E-state index in [1.165, 1.54) is 35.2 Å². The lowest BCUT2D eigenvalue weighted by Crippen LogP contribution is -2.48. The van der Waals surface area contributed by atoms with Gasteiger partial charge in [-0.3, -0.25) is 4.57 Å². The number of ether oxygens (including phenoxy) is 2. The highest BCUT2D eigenvalue weighted by molar-refractivity contribution is 7.93. The third-order valence-electron chi connectivity index (χ3n) is 7.78. The van der Waals surface area contributed by atoms with E-state index in [-0.39, 0.29) is 53.0 Å². The highest BCUT2D eigenvalue weighted by Gasteiger charge is 2.41. The number of phenolic OH excluding ortho intramolecular Hbond substituents is 1. The number of rotatable bonds is 11. The Labute approximate surface area is 249 Å². The predicted octanol–water partition coefficient (Wildman–Crippen LogP) is 4.50. The minimum atomic E-state index is -4.17. The van der Waals surface area contributed by atoms with E-state index in [1.54, 1.807) is 19.1 Å². The van der Waals surface area contributed by atoms with E-state index in [1.807, 2.05) is 0 Å². The van der Waals surface area contributed by atoms with Crippen LogP contribution in [0.1, 0.15) is 44.9 Å². The van der Waals surface area contributed by atoms with Gasteiger partial charge < -0.3 is 19.7 Å². The number of aliphatic hydroxyl groups is 1. The SMILES string of the molecule is COC1=NC(c2nnc(N(CC[Si](C)(C)C)S(=O)(=O)[C@@H](C)[C@H](O)C3CCCCC3)n2-c2c(O)cccc2OC)=C=C=C1. The van der Waals surface area contributed by atoms with E-state index < -0.39 is 29.5 Å². The highest BCUT2D eigenvalue weighted by atomic mass is 32.2. The fourth-order valence-corrected chi connectivity index (χ4v) is 7.98. The number of aromatic hydroxyl groups is 1. The summed E-state index contributed by atoms with van der Waals surface area (Å²) in [5.41, 5.74) is 6.05. The third kappa shape index (κ3) is 6.66. The van der Waals surface area contributed by atoms with Gasteiger partial charge in [-0.15, -0.1) is 10.2 Å². The molecule has 4 rings (SSSR count). The summed E-state index contributed by atoms with van der Waals surface area (Å²) in [6.07, 6.45) is 5.08. The van der Waals surface area contributed by atoms with Crippen molar-refractivity contribution in [3.63, 3.8) is 0 Å². The Bertz CT molecular complexity index is 1530. The number of nitrogens with zero attached hydrogens (tertiary/aromatic N) is 5. The minimum absolute atomic E-state index is 0.0521. The van der Waals surface area contributed by atoms with Crippen molar-refractivity contribution in [3.05, 3.63) is 41.6 Å². The number of phenols is 1. The Morgan fingerprint density at radius 1 is 1.14 bits per heavy atom. The van der Waals surface area contributed by atoms with Gasteiger partial charge in [0.1, 0.15) is 22.4 Å². The summed E-state index contributed by atoms with van der Waals surface area (Å²) in [6.45, 7) is 8.15. The van der Waals surface area contributed by atoms with Gasteiger partial charge in [0.2, 0.25) is 21.9 Å². The maximum absolute atomic E-state index is 14.5. The topological polar surface area (TPSA) is 139 Å². The molecule has 0 bridgehead atoms. The molecule has 42 heavy (non-hydrogen) atoms. The first-order chi connectivity index (χ1) is 19.9. The molecule has 13 heteroatoms. The van der Waals surface area contributed by atoms with Crippen LogP contribution in [0, 0.1) is 5.92 Å². The number of methoxy groups -OCH3 is 2. The van der Waals surface area contributed by atoms with Crippen LogP contribution in [-0.2, 0) is 14.8 Å². The molecule has 2 heterocycles. The van der Waals surface area contributed by atoms with Crippen molar-refractivity contribution in [2.75, 3.05) is 25.1 Å². The van der Waals surface area contributed by atoms with E-state index in [2.05, 4.69) is 46.3 Å². The van der Waals surface area contributed by atoms with E-state index in [0.717, 1.165) is 32.1 Å². The maximum Gasteiger partial charge on any atom is 0.246 e. The maximum atomic E-state index is 14.5. The van der Waals surface area contributed by atoms with Gasteiger partial charge in [-0.25, -0.2) is 17.7 Å². The Kier molecular flexibility index (Phi) is 9.69. The van der Waals surface area contributed by atoms with Gasteiger partial charge in [-0.05, 0) is 49.6 Å². The van der Waals surface area contributed by atoms with Crippen LogP contribution in [0.25, 0.3) is 11.4 Å². The van der Waals surface area contributed by atoms with Gasteiger partial charge in [0, 0.05) is 14.6 Å². The van der Waals surface area contributed by atoms with Crippen molar-refractivity contribution >= 4 is 35.6 Å². The molecular formula is C29H41N5O6SSi. The number of hydrogen-bond donors (Lipinski definition) is 2. The van der Waals surface area contributed by atoms with Gasteiger partial charge in [0.25, 0.3) is 0 Å². The third-order valence-corrected chi connectivity index (χ3v) is 11.7. The molecule has 1 aliphatic heterocycles. The standard InChI is InChI=1S/C29H41N5O6SSi/c1-20(27(36)21-12-8-7-9-13-21)41(37,38)33(18-19-42(4,5)6)29-32-31-28(22-14-10-17-25(30-22)40-3)34(29)26-23(35)15-11-16-24(26)39-2/h11,15-17,20-21,27,35-36H,7-9,12-13,18-19H2,1-6H3/t20-,27-/m0/s1. The van der Waals surface area contributed by atoms with Crippen molar-refractivity contribution in [1.29, 1.82) is 0 Å².